The molecule has 0 atom stereocenters. The van der Waals surface area contributed by atoms with Gasteiger partial charge >= 0.3 is 0 Å². The Labute approximate surface area is 186 Å². The number of thiophene rings is 1. The summed E-state index contributed by atoms with van der Waals surface area (Å²) in [6.45, 7) is 3.95. The van der Waals surface area contributed by atoms with E-state index in [1.807, 2.05) is 60.4 Å². The molecule has 2 aromatic carbocycles. The van der Waals surface area contributed by atoms with Crippen molar-refractivity contribution in [3.8, 4) is 16.9 Å². The summed E-state index contributed by atoms with van der Waals surface area (Å²) in [6.07, 6.45) is 1.59. The minimum Gasteiger partial charge on any atom is -0.497 e. The Bertz CT molecular complexity index is 1090. The highest BCUT2D eigenvalue weighted by Gasteiger charge is 2.20. The molecule has 1 N–H and O–H groups in total. The van der Waals surface area contributed by atoms with Gasteiger partial charge in [0.25, 0.3) is 5.91 Å². The molecule has 5 nitrogen and oxygen atoms in total. The van der Waals surface area contributed by atoms with E-state index in [9.17, 15) is 9.59 Å². The highest BCUT2D eigenvalue weighted by atomic mass is 32.1. The lowest BCUT2D eigenvalue weighted by molar-refractivity contribution is -0.128. The van der Waals surface area contributed by atoms with Crippen LogP contribution in [-0.4, -0.2) is 30.4 Å². The molecule has 1 aromatic heterocycles. The molecule has 0 saturated carbocycles. The lowest BCUT2D eigenvalue weighted by Crippen LogP contribution is -2.24. The largest absolute Gasteiger partial charge is 0.497 e. The van der Waals surface area contributed by atoms with Gasteiger partial charge in [0.2, 0.25) is 5.91 Å². The zero-order chi connectivity index (χ0) is 21.8. The van der Waals surface area contributed by atoms with E-state index < -0.39 is 0 Å². The standard InChI is InChI=1S/C25H26N2O3S/c1-17-22(20-8-10-21(30-2)11-9-20)14-23(31-17)25(29)26-15-18-5-3-6-19(13-18)16-27-12-4-7-24(27)28/h3,5-6,8-11,13-14H,4,7,12,15-16H2,1-2H3,(H,26,29). The van der Waals surface area contributed by atoms with Crippen LogP contribution in [0.2, 0.25) is 0 Å². The van der Waals surface area contributed by atoms with Crippen molar-refractivity contribution >= 4 is 23.2 Å². The molecule has 4 rings (SSSR count). The van der Waals surface area contributed by atoms with Gasteiger partial charge in [-0.15, -0.1) is 11.3 Å². The van der Waals surface area contributed by atoms with Gasteiger partial charge in [0.1, 0.15) is 5.75 Å². The number of likely N-dealkylation sites (tertiary alicyclic amines) is 1. The Hall–Kier alpha value is -3.12. The van der Waals surface area contributed by atoms with Crippen LogP contribution in [0.1, 0.15) is 38.5 Å². The Morgan fingerprint density at radius 1 is 1.13 bits per heavy atom. The van der Waals surface area contributed by atoms with Crippen molar-refractivity contribution in [2.75, 3.05) is 13.7 Å². The second-order valence-electron chi connectivity index (χ2n) is 7.73. The van der Waals surface area contributed by atoms with E-state index in [1.54, 1.807) is 7.11 Å². The van der Waals surface area contributed by atoms with Crippen LogP contribution in [0.3, 0.4) is 0 Å². The minimum absolute atomic E-state index is 0.0759. The number of amides is 2. The van der Waals surface area contributed by atoms with Crippen LogP contribution in [0.4, 0.5) is 0 Å². The van der Waals surface area contributed by atoms with Gasteiger partial charge in [-0.25, -0.2) is 0 Å². The molecule has 31 heavy (non-hydrogen) atoms. The summed E-state index contributed by atoms with van der Waals surface area (Å²) >= 11 is 1.50. The zero-order valence-electron chi connectivity index (χ0n) is 17.8. The SMILES string of the molecule is COc1ccc(-c2cc(C(=O)NCc3cccc(CN4CCCC4=O)c3)sc2C)cc1. The molecule has 1 aliphatic rings. The van der Waals surface area contributed by atoms with Gasteiger partial charge in [-0.05, 0) is 53.8 Å². The third kappa shape index (κ3) is 4.97. The third-order valence-electron chi connectivity index (χ3n) is 5.53. The summed E-state index contributed by atoms with van der Waals surface area (Å²) in [4.78, 5) is 28.3. The summed E-state index contributed by atoms with van der Waals surface area (Å²) in [5.41, 5.74) is 4.25. The number of benzene rings is 2. The van der Waals surface area contributed by atoms with E-state index in [2.05, 4.69) is 11.4 Å². The number of hydrogen-bond donors (Lipinski definition) is 1. The van der Waals surface area contributed by atoms with Crippen LogP contribution in [0.15, 0.2) is 54.6 Å². The number of rotatable bonds is 7. The third-order valence-corrected chi connectivity index (χ3v) is 6.58. The van der Waals surface area contributed by atoms with Crippen LogP contribution in [-0.2, 0) is 17.9 Å². The normalized spacial score (nSPS) is 13.5. The van der Waals surface area contributed by atoms with Gasteiger partial charge in [0.15, 0.2) is 0 Å². The number of carbonyl (C=O) groups excluding carboxylic acids is 2. The molecule has 0 unspecified atom stereocenters. The lowest BCUT2D eigenvalue weighted by atomic mass is 10.1. The van der Waals surface area contributed by atoms with Gasteiger partial charge in [-0.3, -0.25) is 9.59 Å². The zero-order valence-corrected chi connectivity index (χ0v) is 18.6. The molecule has 3 aromatic rings. The molecule has 1 aliphatic heterocycles. The second kappa shape index (κ2) is 9.35. The molecule has 0 radical (unpaired) electrons. The van der Waals surface area contributed by atoms with E-state index in [1.165, 1.54) is 11.3 Å². The molecule has 0 spiro atoms. The summed E-state index contributed by atoms with van der Waals surface area (Å²) in [5, 5.41) is 3.03. The van der Waals surface area contributed by atoms with Crippen molar-refractivity contribution in [3.05, 3.63) is 75.5 Å². The topological polar surface area (TPSA) is 58.6 Å². The number of methoxy groups -OCH3 is 1. The van der Waals surface area contributed by atoms with E-state index in [0.29, 0.717) is 24.4 Å². The van der Waals surface area contributed by atoms with Gasteiger partial charge in [0, 0.05) is 30.9 Å². The highest BCUT2D eigenvalue weighted by molar-refractivity contribution is 7.14. The number of nitrogens with zero attached hydrogens (tertiary/aromatic N) is 1. The average Bonchev–Trinajstić information content (AvgIpc) is 3.38. The van der Waals surface area contributed by atoms with E-state index in [0.717, 1.165) is 45.8 Å². The first-order chi connectivity index (χ1) is 15.0. The number of nitrogens with one attached hydrogen (secondary N) is 1. The average molecular weight is 435 g/mol. The van der Waals surface area contributed by atoms with Crippen molar-refractivity contribution in [1.82, 2.24) is 10.2 Å². The van der Waals surface area contributed by atoms with Crippen LogP contribution in [0.5, 0.6) is 5.75 Å². The number of aryl methyl sites for hydroxylation is 1. The fourth-order valence-corrected chi connectivity index (χ4v) is 4.81. The van der Waals surface area contributed by atoms with Crippen molar-refractivity contribution < 1.29 is 14.3 Å². The van der Waals surface area contributed by atoms with Gasteiger partial charge in [-0.1, -0.05) is 36.4 Å². The molecular weight excluding hydrogens is 408 g/mol. The van der Waals surface area contributed by atoms with E-state index in [4.69, 9.17) is 4.74 Å². The van der Waals surface area contributed by atoms with Crippen molar-refractivity contribution in [3.63, 3.8) is 0 Å². The molecule has 1 saturated heterocycles. The van der Waals surface area contributed by atoms with E-state index in [-0.39, 0.29) is 11.8 Å². The Morgan fingerprint density at radius 3 is 2.61 bits per heavy atom. The Balaban J connectivity index is 1.40. The van der Waals surface area contributed by atoms with Crippen LogP contribution < -0.4 is 10.1 Å². The van der Waals surface area contributed by atoms with Gasteiger partial charge < -0.3 is 15.0 Å². The quantitative estimate of drug-likeness (QED) is 0.582. The molecule has 0 bridgehead atoms. The van der Waals surface area contributed by atoms with Crippen LogP contribution in [0.25, 0.3) is 11.1 Å². The fourth-order valence-electron chi connectivity index (χ4n) is 3.85. The fraction of sp³-hybridized carbons (Fsp3) is 0.280. The predicted molar refractivity (Wildman–Crippen MR) is 123 cm³/mol. The maximum Gasteiger partial charge on any atom is 0.261 e. The maximum atomic E-state index is 12.7. The summed E-state index contributed by atoms with van der Waals surface area (Å²) < 4.78 is 5.22. The molecule has 0 aliphatic carbocycles. The minimum atomic E-state index is -0.0759. The Kier molecular flexibility index (Phi) is 6.37. The Morgan fingerprint density at radius 2 is 1.90 bits per heavy atom. The molecular formula is C25H26N2O3S. The smallest absolute Gasteiger partial charge is 0.261 e. The number of carbonyl (C=O) groups is 2. The molecule has 1 fully saturated rings. The summed E-state index contributed by atoms with van der Waals surface area (Å²) in [7, 11) is 1.65. The van der Waals surface area contributed by atoms with Crippen LogP contribution in [0, 0.1) is 6.92 Å². The van der Waals surface area contributed by atoms with Gasteiger partial charge in [0.05, 0.1) is 12.0 Å². The van der Waals surface area contributed by atoms with Crippen molar-refractivity contribution in [2.45, 2.75) is 32.9 Å². The first-order valence-electron chi connectivity index (χ1n) is 10.4. The molecule has 2 heterocycles. The van der Waals surface area contributed by atoms with Gasteiger partial charge in [-0.2, -0.15) is 0 Å². The predicted octanol–water partition coefficient (Wildman–Crippen LogP) is 4.78. The molecule has 6 heteroatoms. The number of hydrogen-bond acceptors (Lipinski definition) is 4. The van der Waals surface area contributed by atoms with Crippen molar-refractivity contribution in [1.29, 1.82) is 0 Å². The monoisotopic (exact) mass is 434 g/mol. The summed E-state index contributed by atoms with van der Waals surface area (Å²) in [5.74, 6) is 0.957. The molecule has 2 amide bonds. The first kappa shape index (κ1) is 21.1. The first-order valence-corrected chi connectivity index (χ1v) is 11.2. The highest BCUT2D eigenvalue weighted by Crippen LogP contribution is 2.32. The maximum absolute atomic E-state index is 12.7. The lowest BCUT2D eigenvalue weighted by Gasteiger charge is -2.16. The molecule has 160 valence electrons. The van der Waals surface area contributed by atoms with Crippen LogP contribution >= 0.6 is 11.3 Å². The summed E-state index contributed by atoms with van der Waals surface area (Å²) in [6, 6.07) is 17.9. The second-order valence-corrected chi connectivity index (χ2v) is 8.99. The van der Waals surface area contributed by atoms with E-state index >= 15 is 0 Å². The van der Waals surface area contributed by atoms with Crippen molar-refractivity contribution in [2.24, 2.45) is 0 Å². The number of ether oxygens (including phenoxy) is 1.